The van der Waals surface area contributed by atoms with E-state index in [9.17, 15) is 0 Å². The molecule has 0 unspecified atom stereocenters. The average molecular weight is 209 g/mol. The minimum Gasteiger partial charge on any atom is -0.399 e. The summed E-state index contributed by atoms with van der Waals surface area (Å²) < 4.78 is 1.76. The van der Waals surface area contributed by atoms with Crippen LogP contribution in [0.1, 0.15) is 0 Å². The molecular formula is C12H9N4. The summed E-state index contributed by atoms with van der Waals surface area (Å²) in [5, 5.41) is 4.14. The van der Waals surface area contributed by atoms with Crippen molar-refractivity contribution in [1.82, 2.24) is 14.6 Å². The quantitative estimate of drug-likeness (QED) is 0.621. The molecule has 16 heavy (non-hydrogen) atoms. The third kappa shape index (κ3) is 1.32. The van der Waals surface area contributed by atoms with Crippen molar-refractivity contribution in [1.29, 1.82) is 0 Å². The summed E-state index contributed by atoms with van der Waals surface area (Å²) in [6, 6.07) is 11.2. The van der Waals surface area contributed by atoms with E-state index in [4.69, 9.17) is 5.73 Å². The van der Waals surface area contributed by atoms with Crippen LogP contribution in [-0.4, -0.2) is 14.6 Å². The fourth-order valence-corrected chi connectivity index (χ4v) is 1.63. The highest BCUT2D eigenvalue weighted by Crippen LogP contribution is 2.20. The molecule has 0 aliphatic carbocycles. The molecule has 0 saturated heterocycles. The summed E-state index contributed by atoms with van der Waals surface area (Å²) in [6.45, 7) is 0. The highest BCUT2D eigenvalue weighted by molar-refractivity contribution is 5.64. The molecule has 4 heteroatoms. The van der Waals surface area contributed by atoms with Crippen molar-refractivity contribution in [3.63, 3.8) is 0 Å². The van der Waals surface area contributed by atoms with Gasteiger partial charge < -0.3 is 5.73 Å². The largest absolute Gasteiger partial charge is 0.399 e. The lowest BCUT2D eigenvalue weighted by molar-refractivity contribution is 0.936. The van der Waals surface area contributed by atoms with Crippen LogP contribution in [0.4, 0.5) is 5.69 Å². The molecule has 1 radical (unpaired) electrons. The molecule has 0 bridgehead atoms. The maximum absolute atomic E-state index is 5.65. The van der Waals surface area contributed by atoms with Gasteiger partial charge >= 0.3 is 0 Å². The second-order valence-corrected chi connectivity index (χ2v) is 3.50. The Bertz CT molecular complexity index is 625. The highest BCUT2D eigenvalue weighted by Gasteiger charge is 2.05. The molecule has 0 spiro atoms. The molecule has 1 aromatic carbocycles. The fraction of sp³-hybridized carbons (Fsp3) is 0. The number of hydrogen-bond acceptors (Lipinski definition) is 3. The van der Waals surface area contributed by atoms with Crippen LogP contribution in [0.15, 0.2) is 42.6 Å². The number of imidazole rings is 1. The summed E-state index contributed by atoms with van der Waals surface area (Å²) >= 11 is 0. The second kappa shape index (κ2) is 3.34. The lowest BCUT2D eigenvalue weighted by Crippen LogP contribution is -1.93. The molecule has 2 aromatic heterocycles. The van der Waals surface area contributed by atoms with E-state index < -0.39 is 0 Å². The molecule has 0 aliphatic rings. The lowest BCUT2D eigenvalue weighted by atomic mass is 10.1. The molecule has 4 nitrogen and oxygen atoms in total. The van der Waals surface area contributed by atoms with Gasteiger partial charge in [-0.1, -0.05) is 12.1 Å². The first-order valence-electron chi connectivity index (χ1n) is 4.91. The summed E-state index contributed by atoms with van der Waals surface area (Å²) in [4.78, 5) is 4.27. The van der Waals surface area contributed by atoms with E-state index >= 15 is 0 Å². The van der Waals surface area contributed by atoms with Crippen LogP contribution < -0.4 is 5.73 Å². The van der Waals surface area contributed by atoms with Crippen molar-refractivity contribution in [3.05, 3.63) is 48.8 Å². The van der Waals surface area contributed by atoms with Crippen molar-refractivity contribution in [2.24, 2.45) is 0 Å². The van der Waals surface area contributed by atoms with Crippen LogP contribution in [0, 0.1) is 6.20 Å². The van der Waals surface area contributed by atoms with Gasteiger partial charge in [-0.2, -0.15) is 5.10 Å². The Labute approximate surface area is 92.4 Å². The zero-order chi connectivity index (χ0) is 11.0. The van der Waals surface area contributed by atoms with Crippen LogP contribution in [-0.2, 0) is 0 Å². The van der Waals surface area contributed by atoms with E-state index in [0.717, 1.165) is 22.6 Å². The Hall–Kier alpha value is -2.36. The molecule has 2 N–H and O–H groups in total. The highest BCUT2D eigenvalue weighted by atomic mass is 15.2. The molecule has 0 amide bonds. The van der Waals surface area contributed by atoms with Crippen LogP contribution in [0.3, 0.4) is 0 Å². The molecule has 2 heterocycles. The monoisotopic (exact) mass is 209 g/mol. The SMILES string of the molecule is Nc1ccc(-c2cnc3cc[c]nn23)cc1. The van der Waals surface area contributed by atoms with E-state index in [-0.39, 0.29) is 0 Å². The van der Waals surface area contributed by atoms with Gasteiger partial charge in [0.25, 0.3) is 0 Å². The Kier molecular flexibility index (Phi) is 1.86. The Morgan fingerprint density at radius 3 is 2.75 bits per heavy atom. The number of benzene rings is 1. The summed E-state index contributed by atoms with van der Waals surface area (Å²) in [5.74, 6) is 0. The lowest BCUT2D eigenvalue weighted by Gasteiger charge is -2.00. The van der Waals surface area contributed by atoms with E-state index in [1.165, 1.54) is 0 Å². The van der Waals surface area contributed by atoms with Crippen LogP contribution in [0.5, 0.6) is 0 Å². The van der Waals surface area contributed by atoms with Gasteiger partial charge in [-0.15, -0.1) is 0 Å². The van der Waals surface area contributed by atoms with E-state index in [2.05, 4.69) is 16.3 Å². The van der Waals surface area contributed by atoms with Crippen LogP contribution in [0.2, 0.25) is 0 Å². The van der Waals surface area contributed by atoms with Crippen molar-refractivity contribution in [3.8, 4) is 11.3 Å². The Morgan fingerprint density at radius 1 is 1.12 bits per heavy atom. The van der Waals surface area contributed by atoms with Gasteiger partial charge in [-0.05, 0) is 24.3 Å². The predicted octanol–water partition coefficient (Wildman–Crippen LogP) is 1.78. The van der Waals surface area contributed by atoms with Gasteiger partial charge in [0, 0.05) is 11.3 Å². The number of aromatic nitrogens is 3. The molecule has 77 valence electrons. The molecular weight excluding hydrogens is 200 g/mol. The van der Waals surface area contributed by atoms with Gasteiger partial charge in [-0.25, -0.2) is 9.50 Å². The second-order valence-electron chi connectivity index (χ2n) is 3.50. The van der Waals surface area contributed by atoms with Crippen LogP contribution >= 0.6 is 0 Å². The predicted molar refractivity (Wildman–Crippen MR) is 61.7 cm³/mol. The normalized spacial score (nSPS) is 10.8. The number of nitrogens with zero attached hydrogens (tertiary/aromatic N) is 3. The average Bonchev–Trinajstić information content (AvgIpc) is 2.74. The first-order valence-corrected chi connectivity index (χ1v) is 4.91. The molecule has 0 atom stereocenters. The number of nitrogen functional groups attached to an aromatic ring is 1. The number of anilines is 1. The van der Waals surface area contributed by atoms with Crippen LogP contribution in [0.25, 0.3) is 16.9 Å². The molecule has 0 aliphatic heterocycles. The number of rotatable bonds is 1. The van der Waals surface area contributed by atoms with Gasteiger partial charge in [-0.3, -0.25) is 0 Å². The molecule has 0 saturated carbocycles. The zero-order valence-electron chi connectivity index (χ0n) is 8.46. The Balaban J connectivity index is 2.22. The van der Waals surface area contributed by atoms with E-state index in [1.807, 2.05) is 30.3 Å². The molecule has 0 fully saturated rings. The Morgan fingerprint density at radius 2 is 1.94 bits per heavy atom. The third-order valence-electron chi connectivity index (χ3n) is 2.44. The first-order chi connectivity index (χ1) is 7.84. The topological polar surface area (TPSA) is 56.2 Å². The standard InChI is InChI=1S/C12H9N4/c13-10-5-3-9(4-6-10)11-8-14-12-2-1-7-15-16(11)12/h1-6,8H,13H2. The maximum atomic E-state index is 5.65. The minimum absolute atomic E-state index is 0.747. The van der Waals surface area contributed by atoms with Gasteiger partial charge in [0.15, 0.2) is 5.65 Å². The first kappa shape index (κ1) is 8.91. The number of nitrogens with two attached hydrogens (primary N) is 1. The smallest absolute Gasteiger partial charge is 0.154 e. The summed E-state index contributed by atoms with van der Waals surface area (Å²) in [7, 11) is 0. The number of hydrogen-bond donors (Lipinski definition) is 1. The van der Waals surface area contributed by atoms with Crippen molar-refractivity contribution >= 4 is 11.3 Å². The van der Waals surface area contributed by atoms with Gasteiger partial charge in [0.05, 0.1) is 11.9 Å². The number of fused-ring (bicyclic) bond motifs is 1. The summed E-state index contributed by atoms with van der Waals surface area (Å²) in [6.07, 6.45) is 4.58. The van der Waals surface area contributed by atoms with Crippen molar-refractivity contribution < 1.29 is 0 Å². The molecule has 3 aromatic rings. The van der Waals surface area contributed by atoms with Crippen molar-refractivity contribution in [2.75, 3.05) is 5.73 Å². The maximum Gasteiger partial charge on any atom is 0.154 e. The van der Waals surface area contributed by atoms with E-state index in [0.29, 0.717) is 0 Å². The van der Waals surface area contributed by atoms with Gasteiger partial charge in [0.2, 0.25) is 0 Å². The fourth-order valence-electron chi connectivity index (χ4n) is 1.63. The third-order valence-corrected chi connectivity index (χ3v) is 2.44. The minimum atomic E-state index is 0.747. The van der Waals surface area contributed by atoms with Crippen molar-refractivity contribution in [2.45, 2.75) is 0 Å². The molecule has 3 rings (SSSR count). The van der Waals surface area contributed by atoms with Gasteiger partial charge in [0.1, 0.15) is 6.20 Å². The summed E-state index contributed by atoms with van der Waals surface area (Å²) in [5.41, 5.74) is 9.18. The van der Waals surface area contributed by atoms with E-state index in [1.54, 1.807) is 16.8 Å². The zero-order valence-corrected chi connectivity index (χ0v) is 8.46.